The minimum Gasteiger partial charge on any atom is -0.434 e. The van der Waals surface area contributed by atoms with Gasteiger partial charge in [0, 0.05) is 10.6 Å². The van der Waals surface area contributed by atoms with E-state index in [0.29, 0.717) is 28.1 Å². The third-order valence-corrected chi connectivity index (χ3v) is 5.07. The molecular weight excluding hydrogens is 400 g/mol. The molecule has 1 heterocycles. The molecule has 0 unspecified atom stereocenters. The average molecular weight is 419 g/mol. The lowest BCUT2D eigenvalue weighted by atomic mass is 10.0. The highest BCUT2D eigenvalue weighted by molar-refractivity contribution is 6.30. The number of amides is 1. The predicted octanol–water partition coefficient (Wildman–Crippen LogP) is 5.54. The van der Waals surface area contributed by atoms with Crippen molar-refractivity contribution in [3.05, 3.63) is 89.3 Å². The molecule has 6 heteroatoms. The van der Waals surface area contributed by atoms with Crippen LogP contribution in [0.3, 0.4) is 0 Å². The van der Waals surface area contributed by atoms with Crippen LogP contribution < -0.4 is 5.32 Å². The third-order valence-electron chi connectivity index (χ3n) is 4.84. The molecule has 0 bridgehead atoms. The quantitative estimate of drug-likeness (QED) is 0.417. The molecule has 0 fully saturated rings. The maximum absolute atomic E-state index is 12.8. The molecule has 0 aliphatic carbocycles. The summed E-state index contributed by atoms with van der Waals surface area (Å²) in [5.74, 6) is -0.679. The number of benzene rings is 3. The number of Topliss-reactive ketones (excluding diaryl/α,β-unsaturated/α-hetero) is 1. The molecule has 4 aromatic rings. The molecule has 30 heavy (non-hydrogen) atoms. The number of nitrogens with zero attached hydrogens (tertiary/aromatic N) is 1. The summed E-state index contributed by atoms with van der Waals surface area (Å²) in [7, 11) is 0. The van der Waals surface area contributed by atoms with Crippen LogP contribution in [-0.2, 0) is 0 Å². The number of fused-ring (bicyclic) bond motifs is 1. The number of hydrogen-bond donors (Lipinski definition) is 1. The van der Waals surface area contributed by atoms with Gasteiger partial charge in [-0.3, -0.25) is 9.59 Å². The molecule has 3 aromatic carbocycles. The van der Waals surface area contributed by atoms with Crippen molar-refractivity contribution >= 4 is 34.4 Å². The number of carbonyl (C=O) groups excluding carboxylic acids is 2. The van der Waals surface area contributed by atoms with Crippen molar-refractivity contribution in [2.24, 2.45) is 0 Å². The molecule has 1 aromatic heterocycles. The van der Waals surface area contributed by atoms with Crippen molar-refractivity contribution in [1.29, 1.82) is 0 Å². The van der Waals surface area contributed by atoms with Gasteiger partial charge in [0.05, 0.1) is 6.04 Å². The summed E-state index contributed by atoms with van der Waals surface area (Å²) in [5, 5.41) is 3.44. The number of oxazole rings is 1. The lowest BCUT2D eigenvalue weighted by molar-refractivity contribution is 0.0837. The van der Waals surface area contributed by atoms with Gasteiger partial charge in [0.2, 0.25) is 5.78 Å². The fourth-order valence-electron chi connectivity index (χ4n) is 3.20. The van der Waals surface area contributed by atoms with E-state index < -0.39 is 6.04 Å². The molecule has 0 aliphatic rings. The Bertz CT molecular complexity index is 1180. The molecule has 1 amide bonds. The van der Waals surface area contributed by atoms with Gasteiger partial charge in [-0.2, -0.15) is 0 Å². The van der Waals surface area contributed by atoms with E-state index in [0.717, 1.165) is 11.1 Å². The molecule has 5 nitrogen and oxygen atoms in total. The highest BCUT2D eigenvalue weighted by Crippen LogP contribution is 2.23. The van der Waals surface area contributed by atoms with Crippen LogP contribution in [0.25, 0.3) is 22.2 Å². The van der Waals surface area contributed by atoms with Gasteiger partial charge in [0.15, 0.2) is 5.58 Å². The van der Waals surface area contributed by atoms with E-state index in [-0.39, 0.29) is 17.6 Å². The Hall–Kier alpha value is -3.44. The monoisotopic (exact) mass is 418 g/mol. The summed E-state index contributed by atoms with van der Waals surface area (Å²) >= 11 is 6.05. The predicted molar refractivity (Wildman–Crippen MR) is 117 cm³/mol. The summed E-state index contributed by atoms with van der Waals surface area (Å²) in [6.45, 7) is 1.83. The lowest BCUT2D eigenvalue weighted by Gasteiger charge is -2.14. The van der Waals surface area contributed by atoms with Gasteiger partial charge >= 0.3 is 0 Å². The van der Waals surface area contributed by atoms with Crippen LogP contribution in [0.4, 0.5) is 0 Å². The molecule has 0 saturated carbocycles. The van der Waals surface area contributed by atoms with E-state index in [1.54, 1.807) is 24.3 Å². The zero-order chi connectivity index (χ0) is 21.1. The van der Waals surface area contributed by atoms with Crippen molar-refractivity contribution in [3.8, 4) is 11.1 Å². The highest BCUT2D eigenvalue weighted by Gasteiger charge is 2.25. The van der Waals surface area contributed by atoms with Crippen LogP contribution in [0.15, 0.2) is 77.2 Å². The Morgan fingerprint density at radius 3 is 2.47 bits per heavy atom. The average Bonchev–Trinajstić information content (AvgIpc) is 3.21. The number of ketones is 1. The Kier molecular flexibility index (Phi) is 5.63. The van der Waals surface area contributed by atoms with Gasteiger partial charge in [-0.05, 0) is 53.9 Å². The summed E-state index contributed by atoms with van der Waals surface area (Å²) < 4.78 is 5.55. The van der Waals surface area contributed by atoms with Crippen LogP contribution in [0, 0.1) is 0 Å². The molecule has 0 aliphatic heterocycles. The molecule has 0 spiro atoms. The van der Waals surface area contributed by atoms with Crippen LogP contribution >= 0.6 is 11.6 Å². The van der Waals surface area contributed by atoms with Crippen molar-refractivity contribution in [2.45, 2.75) is 19.4 Å². The lowest BCUT2D eigenvalue weighted by Crippen LogP contribution is -2.40. The van der Waals surface area contributed by atoms with Gasteiger partial charge in [0.1, 0.15) is 5.52 Å². The fraction of sp³-hybridized carbons (Fsp3) is 0.125. The van der Waals surface area contributed by atoms with Gasteiger partial charge in [-0.1, -0.05) is 54.9 Å². The maximum Gasteiger partial charge on any atom is 0.266 e. The molecule has 1 N–H and O–H groups in total. The smallest absolute Gasteiger partial charge is 0.266 e. The maximum atomic E-state index is 12.8. The first-order chi connectivity index (χ1) is 14.5. The SMILES string of the molecule is CC[C@H](NC(=O)c1ccc(-c2cccc(Cl)c2)cc1)C(=O)c1nc2ccccc2o1. The van der Waals surface area contributed by atoms with E-state index in [1.807, 2.05) is 55.5 Å². The number of nitrogens with one attached hydrogen (secondary N) is 1. The molecular formula is C24H19ClN2O3. The Morgan fingerprint density at radius 1 is 1.00 bits per heavy atom. The van der Waals surface area contributed by atoms with Crippen molar-refractivity contribution in [3.63, 3.8) is 0 Å². The first kappa shape index (κ1) is 19.9. The zero-order valence-corrected chi connectivity index (χ0v) is 17.0. The second kappa shape index (κ2) is 8.51. The third kappa shape index (κ3) is 4.11. The van der Waals surface area contributed by atoms with E-state index in [1.165, 1.54) is 0 Å². The van der Waals surface area contributed by atoms with Crippen LogP contribution in [0.5, 0.6) is 0 Å². The van der Waals surface area contributed by atoms with Crippen molar-refractivity contribution < 1.29 is 14.0 Å². The number of carbonyl (C=O) groups is 2. The molecule has 1 atom stereocenters. The summed E-state index contributed by atoms with van der Waals surface area (Å²) in [6, 6.07) is 21.1. The first-order valence-electron chi connectivity index (χ1n) is 9.62. The van der Waals surface area contributed by atoms with Crippen LogP contribution in [-0.4, -0.2) is 22.7 Å². The minimum absolute atomic E-state index is 0.000320. The minimum atomic E-state index is -0.724. The summed E-state index contributed by atoms with van der Waals surface area (Å²) in [4.78, 5) is 29.7. The van der Waals surface area contributed by atoms with Crippen LogP contribution in [0.1, 0.15) is 34.4 Å². The standard InChI is InChI=1S/C24H19ClN2O3/c1-2-19(22(28)24-27-20-8-3-4-9-21(20)30-24)26-23(29)16-12-10-15(11-13-16)17-6-5-7-18(25)14-17/h3-14,19H,2H2,1H3,(H,26,29)/t19-/m0/s1. The Balaban J connectivity index is 1.49. The second-order valence-electron chi connectivity index (χ2n) is 6.87. The van der Waals surface area contributed by atoms with Gasteiger partial charge < -0.3 is 9.73 Å². The normalized spacial score (nSPS) is 11.9. The molecule has 0 radical (unpaired) electrons. The van der Waals surface area contributed by atoms with Crippen molar-refractivity contribution in [2.75, 3.05) is 0 Å². The van der Waals surface area contributed by atoms with E-state index >= 15 is 0 Å². The van der Waals surface area contributed by atoms with Crippen molar-refractivity contribution in [1.82, 2.24) is 10.3 Å². The number of aromatic nitrogens is 1. The largest absolute Gasteiger partial charge is 0.434 e. The molecule has 4 rings (SSSR count). The number of para-hydroxylation sites is 2. The Labute approximate surface area is 178 Å². The Morgan fingerprint density at radius 2 is 1.77 bits per heavy atom. The second-order valence-corrected chi connectivity index (χ2v) is 7.31. The van der Waals surface area contributed by atoms with Crippen LogP contribution in [0.2, 0.25) is 5.02 Å². The number of halogens is 1. The molecule has 0 saturated heterocycles. The summed E-state index contributed by atoms with van der Waals surface area (Å²) in [6.07, 6.45) is 0.421. The van der Waals surface area contributed by atoms with E-state index in [9.17, 15) is 9.59 Å². The molecule has 150 valence electrons. The fourth-order valence-corrected chi connectivity index (χ4v) is 3.39. The zero-order valence-electron chi connectivity index (χ0n) is 16.3. The highest BCUT2D eigenvalue weighted by atomic mass is 35.5. The van der Waals surface area contributed by atoms with E-state index in [2.05, 4.69) is 10.3 Å². The van der Waals surface area contributed by atoms with Gasteiger partial charge in [-0.25, -0.2) is 4.98 Å². The number of hydrogen-bond acceptors (Lipinski definition) is 4. The number of rotatable bonds is 6. The first-order valence-corrected chi connectivity index (χ1v) is 9.99. The van der Waals surface area contributed by atoms with Gasteiger partial charge in [0.25, 0.3) is 11.8 Å². The van der Waals surface area contributed by atoms with Gasteiger partial charge in [-0.15, -0.1) is 0 Å². The summed E-state index contributed by atoms with van der Waals surface area (Å²) in [5.41, 5.74) is 3.53. The van der Waals surface area contributed by atoms with E-state index in [4.69, 9.17) is 16.0 Å². The topological polar surface area (TPSA) is 72.2 Å².